The van der Waals surface area contributed by atoms with E-state index < -0.39 is 11.3 Å². The molecule has 1 unspecified atom stereocenters. The minimum absolute atomic E-state index is 1.22. The van der Waals surface area contributed by atoms with Gasteiger partial charge in [0, 0.05) is 24.0 Å². The fourth-order valence-corrected chi connectivity index (χ4v) is 1.02. The Morgan fingerprint density at radius 2 is 1.93 bits per heavy atom. The zero-order valence-electron chi connectivity index (χ0n) is 8.53. The second-order valence-corrected chi connectivity index (χ2v) is 3.28. The minimum Gasteiger partial charge on any atom is -0.760 e. The highest BCUT2D eigenvalue weighted by molar-refractivity contribution is 7.76. The van der Waals surface area contributed by atoms with Crippen LogP contribution in [0.3, 0.4) is 0 Å². The van der Waals surface area contributed by atoms with E-state index in [1.54, 1.807) is 0 Å². The predicted molar refractivity (Wildman–Crippen MR) is 58.6 cm³/mol. The number of benzene rings is 1. The zero-order valence-corrected chi connectivity index (χ0v) is 9.35. The van der Waals surface area contributed by atoms with Crippen molar-refractivity contribution < 1.29 is 8.76 Å². The van der Waals surface area contributed by atoms with Gasteiger partial charge in [-0.25, -0.2) is 0 Å². The molecule has 1 aromatic rings. The summed E-state index contributed by atoms with van der Waals surface area (Å²) in [7, 11) is 1.95. The summed E-state index contributed by atoms with van der Waals surface area (Å²) in [6, 6.07) is 6.27. The third-order valence-electron chi connectivity index (χ3n) is 1.87. The monoisotopic (exact) mass is 215 g/mol. The molecule has 80 valence electrons. The summed E-state index contributed by atoms with van der Waals surface area (Å²) in [6.07, 6.45) is 0. The van der Waals surface area contributed by atoms with Gasteiger partial charge in [-0.05, 0) is 31.0 Å². The van der Waals surface area contributed by atoms with Gasteiger partial charge in [0.15, 0.2) is 0 Å². The molecule has 0 heterocycles. The summed E-state index contributed by atoms with van der Waals surface area (Å²) in [5, 5.41) is 7.16. The predicted octanol–water partition coefficient (Wildman–Crippen LogP) is 1.08. The molecule has 4 nitrogen and oxygen atoms in total. The smallest absolute Gasteiger partial charge is 0.0369 e. The Kier molecular flexibility index (Phi) is 6.11. The first-order valence-electron chi connectivity index (χ1n) is 4.06. The van der Waals surface area contributed by atoms with Gasteiger partial charge in [0.05, 0.1) is 0 Å². The molecule has 1 rings (SSSR count). The topological polar surface area (TPSA) is 78.2 Å². The Morgan fingerprint density at radius 1 is 1.43 bits per heavy atom. The van der Waals surface area contributed by atoms with Crippen molar-refractivity contribution in [3.8, 4) is 0 Å². The Morgan fingerprint density at radius 3 is 2.29 bits per heavy atom. The van der Waals surface area contributed by atoms with Crippen LogP contribution in [-0.2, 0) is 11.3 Å². The maximum atomic E-state index is 8.78. The molecule has 0 radical (unpaired) electrons. The summed E-state index contributed by atoms with van der Waals surface area (Å²) in [4.78, 5) is 0. The summed E-state index contributed by atoms with van der Waals surface area (Å²) in [5.74, 6) is 0. The van der Waals surface area contributed by atoms with Crippen LogP contribution in [0.1, 0.15) is 11.1 Å². The number of rotatable bonds is 1. The highest BCUT2D eigenvalue weighted by Crippen LogP contribution is 2.16. The highest BCUT2D eigenvalue weighted by atomic mass is 32.2. The van der Waals surface area contributed by atoms with Crippen LogP contribution in [0.25, 0.3) is 0 Å². The fraction of sp³-hybridized carbons (Fsp3) is 0.333. The molecule has 0 saturated carbocycles. The number of aryl methyl sites for hydroxylation is 1. The third-order valence-corrected chi connectivity index (χ3v) is 1.87. The van der Waals surface area contributed by atoms with Crippen LogP contribution in [0.4, 0.5) is 5.69 Å². The molecule has 0 saturated heterocycles. The molecule has 1 atom stereocenters. The summed E-state index contributed by atoms with van der Waals surface area (Å²) in [6.45, 7) is 4.25. The Labute approximate surface area is 86.9 Å². The van der Waals surface area contributed by atoms with Crippen LogP contribution in [0.2, 0.25) is 0 Å². The third kappa shape index (κ3) is 4.96. The van der Waals surface area contributed by atoms with Crippen molar-refractivity contribution in [1.29, 1.82) is 0 Å². The van der Waals surface area contributed by atoms with E-state index in [1.807, 2.05) is 7.05 Å². The van der Waals surface area contributed by atoms with Crippen molar-refractivity contribution in [2.45, 2.75) is 13.8 Å². The molecule has 1 aromatic carbocycles. The number of nitrogens with one attached hydrogen (secondary N) is 1. The van der Waals surface area contributed by atoms with Crippen LogP contribution < -0.4 is 10.5 Å². The average Bonchev–Trinajstić information content (AvgIpc) is 2.09. The SMILES string of the molecule is CNc1cccc(C)c1C.NS(=O)[O-]. The molecule has 3 N–H and O–H groups in total. The van der Waals surface area contributed by atoms with Crippen LogP contribution in [0.15, 0.2) is 18.2 Å². The van der Waals surface area contributed by atoms with E-state index in [0.29, 0.717) is 0 Å². The molecule has 0 spiro atoms. The second-order valence-electron chi connectivity index (χ2n) is 2.76. The van der Waals surface area contributed by atoms with E-state index >= 15 is 0 Å². The molecule has 0 amide bonds. The van der Waals surface area contributed by atoms with Crippen molar-refractivity contribution in [2.75, 3.05) is 12.4 Å². The normalized spacial score (nSPS) is 11.2. The summed E-state index contributed by atoms with van der Waals surface area (Å²) < 4.78 is 17.6. The van der Waals surface area contributed by atoms with Gasteiger partial charge in [-0.1, -0.05) is 12.1 Å². The number of hydrogen-bond acceptors (Lipinski definition) is 3. The lowest BCUT2D eigenvalue weighted by molar-refractivity contribution is 0.539. The van der Waals surface area contributed by atoms with E-state index in [9.17, 15) is 0 Å². The standard InChI is InChI=1S/C9H13N.H3NO2S/c1-7-5-4-6-9(10-3)8(7)2;1-4(2)3/h4-6,10H,1-3H3;1H2,(H,2,3)/p-1. The van der Waals surface area contributed by atoms with Crippen molar-refractivity contribution in [2.24, 2.45) is 5.14 Å². The molecule has 14 heavy (non-hydrogen) atoms. The van der Waals surface area contributed by atoms with Gasteiger partial charge in [0.2, 0.25) is 0 Å². The van der Waals surface area contributed by atoms with E-state index in [2.05, 4.69) is 42.5 Å². The largest absolute Gasteiger partial charge is 0.760 e. The maximum absolute atomic E-state index is 8.78. The molecule has 0 aliphatic rings. The second kappa shape index (κ2) is 6.53. The molecule has 0 aliphatic heterocycles. The number of anilines is 1. The molecule has 0 fully saturated rings. The lowest BCUT2D eigenvalue weighted by atomic mass is 10.1. The van der Waals surface area contributed by atoms with Crippen LogP contribution in [-0.4, -0.2) is 15.8 Å². The molecule has 0 aromatic heterocycles. The first kappa shape index (κ1) is 13.1. The fourth-order valence-electron chi connectivity index (χ4n) is 1.02. The van der Waals surface area contributed by atoms with Crippen molar-refractivity contribution >= 4 is 17.0 Å². The Bertz CT molecular complexity index is 312. The van der Waals surface area contributed by atoms with Gasteiger partial charge in [-0.15, -0.1) is 0 Å². The average molecular weight is 215 g/mol. The molecular weight excluding hydrogens is 200 g/mol. The van der Waals surface area contributed by atoms with Crippen molar-refractivity contribution in [3.63, 3.8) is 0 Å². The molecule has 5 heteroatoms. The Balaban J connectivity index is 0.000000364. The lowest BCUT2D eigenvalue weighted by Crippen LogP contribution is -1.97. The number of nitrogens with two attached hydrogens (primary N) is 1. The van der Waals surface area contributed by atoms with E-state index in [-0.39, 0.29) is 0 Å². The molecule has 0 aliphatic carbocycles. The van der Waals surface area contributed by atoms with E-state index in [1.165, 1.54) is 16.8 Å². The van der Waals surface area contributed by atoms with Crippen molar-refractivity contribution in [3.05, 3.63) is 29.3 Å². The van der Waals surface area contributed by atoms with Gasteiger partial charge in [0.25, 0.3) is 0 Å². The van der Waals surface area contributed by atoms with Crippen LogP contribution >= 0.6 is 0 Å². The van der Waals surface area contributed by atoms with Crippen molar-refractivity contribution in [1.82, 2.24) is 0 Å². The van der Waals surface area contributed by atoms with E-state index in [0.717, 1.165) is 0 Å². The van der Waals surface area contributed by atoms with E-state index in [4.69, 9.17) is 8.76 Å². The lowest BCUT2D eigenvalue weighted by Gasteiger charge is -2.06. The Hall–Kier alpha value is -0.910. The maximum Gasteiger partial charge on any atom is 0.0369 e. The summed E-state index contributed by atoms with van der Waals surface area (Å²) in [5.41, 5.74) is 3.90. The highest BCUT2D eigenvalue weighted by Gasteiger charge is 1.95. The number of hydrogen-bond donors (Lipinski definition) is 2. The van der Waals surface area contributed by atoms with Gasteiger partial charge in [-0.2, -0.15) is 0 Å². The van der Waals surface area contributed by atoms with Crippen LogP contribution in [0.5, 0.6) is 0 Å². The van der Waals surface area contributed by atoms with Crippen LogP contribution in [0, 0.1) is 13.8 Å². The van der Waals surface area contributed by atoms with Gasteiger partial charge >= 0.3 is 0 Å². The first-order valence-corrected chi connectivity index (χ1v) is 5.20. The molecular formula is C9H15N2O2S-. The summed E-state index contributed by atoms with van der Waals surface area (Å²) >= 11 is -2.36. The van der Waals surface area contributed by atoms with Gasteiger partial charge in [-0.3, -0.25) is 9.35 Å². The van der Waals surface area contributed by atoms with Gasteiger partial charge in [0.1, 0.15) is 0 Å². The minimum atomic E-state index is -2.36. The van der Waals surface area contributed by atoms with Gasteiger partial charge < -0.3 is 9.87 Å². The zero-order chi connectivity index (χ0) is 11.1. The molecule has 0 bridgehead atoms. The quantitative estimate of drug-likeness (QED) is 0.688. The first-order chi connectivity index (χ1) is 6.49.